The molecule has 3 rings (SSSR count). The average Bonchev–Trinajstić information content (AvgIpc) is 3.10. The van der Waals surface area contributed by atoms with Crippen LogP contribution in [-0.2, 0) is 14.6 Å². The van der Waals surface area contributed by atoms with E-state index in [-0.39, 0.29) is 22.3 Å². The fraction of sp³-hybridized carbons (Fsp3) is 0.222. The van der Waals surface area contributed by atoms with E-state index in [0.717, 1.165) is 6.26 Å². The molecule has 11 heteroatoms. The molecule has 3 aromatic rings. The third kappa shape index (κ3) is 4.49. The predicted molar refractivity (Wildman–Crippen MR) is 110 cm³/mol. The highest BCUT2D eigenvalue weighted by Crippen LogP contribution is 2.28. The zero-order valence-electron chi connectivity index (χ0n) is 15.8. The van der Waals surface area contributed by atoms with Crippen LogP contribution in [0, 0.1) is 13.5 Å². The van der Waals surface area contributed by atoms with E-state index in [1.807, 2.05) is 0 Å². The third-order valence-electron chi connectivity index (χ3n) is 4.01. The molecule has 1 aromatic carbocycles. The summed E-state index contributed by atoms with van der Waals surface area (Å²) in [7, 11) is -2.13. The Balaban J connectivity index is 1.71. The van der Waals surface area contributed by atoms with Crippen molar-refractivity contribution < 1.29 is 17.9 Å². The summed E-state index contributed by atoms with van der Waals surface area (Å²) >= 11 is 1.19. The first-order valence-corrected chi connectivity index (χ1v) is 11.1. The Kier molecular flexibility index (Phi) is 5.76. The SMILES string of the molecule is [C-]#[N+]c1ncc2[nH]c(SCC(=O)Nc3ccc(OC)c(S(C)(=O)=O)c3)nc2c1C. The topological polar surface area (TPSA) is 118 Å². The Morgan fingerprint density at radius 2 is 2.17 bits per heavy atom. The molecule has 2 aromatic heterocycles. The number of aromatic nitrogens is 3. The molecule has 0 saturated heterocycles. The average molecular weight is 431 g/mol. The van der Waals surface area contributed by atoms with E-state index in [9.17, 15) is 13.2 Å². The summed E-state index contributed by atoms with van der Waals surface area (Å²) in [6.45, 7) is 8.88. The number of pyridine rings is 1. The second kappa shape index (κ2) is 8.10. The van der Waals surface area contributed by atoms with Crippen LogP contribution in [0.5, 0.6) is 5.75 Å². The van der Waals surface area contributed by atoms with Gasteiger partial charge >= 0.3 is 0 Å². The van der Waals surface area contributed by atoms with Gasteiger partial charge in [0, 0.05) is 17.5 Å². The number of H-pyrrole nitrogens is 1. The van der Waals surface area contributed by atoms with Crippen molar-refractivity contribution in [1.29, 1.82) is 0 Å². The number of carbonyl (C=O) groups excluding carboxylic acids is 1. The quantitative estimate of drug-likeness (QED) is 0.455. The van der Waals surface area contributed by atoms with Crippen molar-refractivity contribution in [2.45, 2.75) is 17.0 Å². The molecule has 0 fully saturated rings. The summed E-state index contributed by atoms with van der Waals surface area (Å²) in [4.78, 5) is 27.2. The van der Waals surface area contributed by atoms with Crippen molar-refractivity contribution in [3.05, 3.63) is 41.4 Å². The molecule has 0 atom stereocenters. The Bertz CT molecular complexity index is 1250. The number of aromatic amines is 1. The van der Waals surface area contributed by atoms with Crippen LogP contribution in [0.25, 0.3) is 15.9 Å². The zero-order chi connectivity index (χ0) is 21.2. The summed E-state index contributed by atoms with van der Waals surface area (Å²) in [5.74, 6) is 0.239. The number of ether oxygens (including phenoxy) is 1. The van der Waals surface area contributed by atoms with Gasteiger partial charge in [0.25, 0.3) is 5.82 Å². The Morgan fingerprint density at radius 1 is 1.41 bits per heavy atom. The van der Waals surface area contributed by atoms with Crippen LogP contribution in [0.4, 0.5) is 11.5 Å². The highest BCUT2D eigenvalue weighted by molar-refractivity contribution is 7.99. The maximum Gasteiger partial charge on any atom is 0.274 e. The van der Waals surface area contributed by atoms with E-state index in [4.69, 9.17) is 11.3 Å². The van der Waals surface area contributed by atoms with Crippen LogP contribution < -0.4 is 10.1 Å². The van der Waals surface area contributed by atoms with Crippen molar-refractivity contribution in [3.8, 4) is 5.75 Å². The molecule has 150 valence electrons. The van der Waals surface area contributed by atoms with E-state index < -0.39 is 9.84 Å². The molecule has 0 aliphatic rings. The van der Waals surface area contributed by atoms with Gasteiger partial charge in [0.15, 0.2) is 15.0 Å². The van der Waals surface area contributed by atoms with E-state index in [0.29, 0.717) is 33.3 Å². The number of carbonyl (C=O) groups is 1. The summed E-state index contributed by atoms with van der Waals surface area (Å²) < 4.78 is 28.8. The molecule has 0 unspecified atom stereocenters. The van der Waals surface area contributed by atoms with E-state index in [1.54, 1.807) is 13.0 Å². The van der Waals surface area contributed by atoms with Gasteiger partial charge in [-0.15, -0.1) is 4.98 Å². The second-order valence-electron chi connectivity index (χ2n) is 6.10. The number of methoxy groups -OCH3 is 1. The Morgan fingerprint density at radius 3 is 2.83 bits per heavy atom. The predicted octanol–water partition coefficient (Wildman–Crippen LogP) is 2.96. The normalized spacial score (nSPS) is 11.2. The highest BCUT2D eigenvalue weighted by Gasteiger charge is 2.16. The Hall–Kier alpha value is -3.10. The molecule has 0 saturated carbocycles. The first-order chi connectivity index (χ1) is 13.7. The van der Waals surface area contributed by atoms with Gasteiger partial charge in [0.2, 0.25) is 5.91 Å². The first-order valence-electron chi connectivity index (χ1n) is 8.26. The summed E-state index contributed by atoms with van der Waals surface area (Å²) in [6.07, 6.45) is 2.61. The van der Waals surface area contributed by atoms with Crippen LogP contribution in [0.15, 0.2) is 34.4 Å². The molecule has 0 spiro atoms. The Labute approximate surface area is 171 Å². The fourth-order valence-electron chi connectivity index (χ4n) is 2.63. The van der Waals surface area contributed by atoms with Gasteiger partial charge in [-0.1, -0.05) is 18.3 Å². The van der Waals surface area contributed by atoms with Crippen LogP contribution in [0.2, 0.25) is 0 Å². The number of hydrogen-bond acceptors (Lipinski definition) is 7. The number of anilines is 1. The van der Waals surface area contributed by atoms with Crippen LogP contribution in [0.3, 0.4) is 0 Å². The second-order valence-corrected chi connectivity index (χ2v) is 9.05. The number of fused-ring (bicyclic) bond motifs is 1. The minimum atomic E-state index is -3.51. The van der Waals surface area contributed by atoms with Gasteiger partial charge in [-0.3, -0.25) is 4.79 Å². The van der Waals surface area contributed by atoms with E-state index in [1.165, 1.54) is 37.2 Å². The number of hydrogen-bond donors (Lipinski definition) is 2. The smallest absolute Gasteiger partial charge is 0.274 e. The number of imidazole rings is 1. The number of thioether (sulfide) groups is 1. The largest absolute Gasteiger partial charge is 0.495 e. The zero-order valence-corrected chi connectivity index (χ0v) is 17.4. The minimum absolute atomic E-state index is 0.00123. The van der Waals surface area contributed by atoms with Crippen molar-refractivity contribution >= 4 is 50.0 Å². The number of sulfone groups is 1. The summed E-state index contributed by atoms with van der Waals surface area (Å²) in [6, 6.07) is 4.42. The molecule has 2 N–H and O–H groups in total. The van der Waals surface area contributed by atoms with Gasteiger partial charge < -0.3 is 19.9 Å². The number of amides is 1. The molecule has 0 aliphatic heterocycles. The van der Waals surface area contributed by atoms with Crippen molar-refractivity contribution in [2.75, 3.05) is 24.4 Å². The third-order valence-corrected chi connectivity index (χ3v) is 6.00. The van der Waals surface area contributed by atoms with E-state index >= 15 is 0 Å². The molecule has 0 bridgehead atoms. The summed E-state index contributed by atoms with van der Waals surface area (Å²) in [5, 5.41) is 3.19. The number of benzene rings is 1. The first kappa shape index (κ1) is 20.6. The lowest BCUT2D eigenvalue weighted by atomic mass is 10.2. The molecule has 0 radical (unpaired) electrons. The fourth-order valence-corrected chi connectivity index (χ4v) is 4.16. The van der Waals surface area contributed by atoms with Crippen LogP contribution >= 0.6 is 11.8 Å². The van der Waals surface area contributed by atoms with Gasteiger partial charge in [-0.05, 0) is 25.1 Å². The molecule has 0 aliphatic carbocycles. The number of nitrogens with zero attached hydrogens (tertiary/aromatic N) is 3. The maximum atomic E-state index is 12.3. The molecular weight excluding hydrogens is 414 g/mol. The van der Waals surface area contributed by atoms with Gasteiger partial charge in [-0.2, -0.15) is 0 Å². The molecular formula is C18H17N5O4S2. The lowest BCUT2D eigenvalue weighted by Crippen LogP contribution is -2.14. The van der Waals surface area contributed by atoms with Gasteiger partial charge in [0.05, 0.1) is 18.4 Å². The monoisotopic (exact) mass is 431 g/mol. The lowest BCUT2D eigenvalue weighted by Gasteiger charge is -2.10. The molecule has 2 heterocycles. The maximum absolute atomic E-state index is 12.3. The summed E-state index contributed by atoms with van der Waals surface area (Å²) in [5.41, 5.74) is 2.35. The molecule has 29 heavy (non-hydrogen) atoms. The number of rotatable bonds is 6. The minimum Gasteiger partial charge on any atom is -0.495 e. The lowest BCUT2D eigenvalue weighted by molar-refractivity contribution is -0.113. The van der Waals surface area contributed by atoms with E-state index in [2.05, 4.69) is 25.1 Å². The number of aryl methyl sites for hydroxylation is 1. The molecule has 9 nitrogen and oxygen atoms in total. The molecule has 1 amide bonds. The van der Waals surface area contributed by atoms with Crippen molar-refractivity contribution in [1.82, 2.24) is 15.0 Å². The van der Waals surface area contributed by atoms with Crippen LogP contribution in [-0.4, -0.2) is 48.4 Å². The van der Waals surface area contributed by atoms with Crippen molar-refractivity contribution in [3.63, 3.8) is 0 Å². The highest BCUT2D eigenvalue weighted by atomic mass is 32.2. The van der Waals surface area contributed by atoms with Gasteiger partial charge in [0.1, 0.15) is 22.4 Å². The van der Waals surface area contributed by atoms with Crippen molar-refractivity contribution in [2.24, 2.45) is 0 Å². The number of nitrogens with one attached hydrogen (secondary N) is 2. The van der Waals surface area contributed by atoms with Gasteiger partial charge in [-0.25, -0.2) is 13.4 Å². The van der Waals surface area contributed by atoms with Crippen LogP contribution in [0.1, 0.15) is 5.56 Å². The standard InChI is InChI=1S/C18H17N5O4S2/c1-10-16-12(8-20-17(10)19-2)22-18(23-16)28-9-15(24)21-11-5-6-13(27-3)14(7-11)29(4,25)26/h5-8H,9H2,1,3-4H3,(H,21,24)(H,22,23).